The minimum absolute atomic E-state index is 0.0625. The highest BCUT2D eigenvalue weighted by Gasteiger charge is 2.45. The van der Waals surface area contributed by atoms with E-state index in [-0.39, 0.29) is 25.6 Å². The predicted octanol–water partition coefficient (Wildman–Crippen LogP) is 9.51. The second-order valence-corrected chi connectivity index (χ2v) is 18.0. The van der Waals surface area contributed by atoms with Crippen LogP contribution >= 0.6 is 8.53 Å². The fourth-order valence-electron chi connectivity index (χ4n) is 7.93. The molecule has 18 heteroatoms. The summed E-state index contributed by atoms with van der Waals surface area (Å²) in [5, 5.41) is 15.3. The maximum atomic E-state index is 9.54. The molecule has 17 nitrogen and oxygen atoms in total. The van der Waals surface area contributed by atoms with Crippen LogP contribution < -0.4 is 9.47 Å². The van der Waals surface area contributed by atoms with Crippen molar-refractivity contribution in [1.82, 2.24) is 34.2 Å². The van der Waals surface area contributed by atoms with Crippen molar-refractivity contribution < 1.29 is 32.4 Å². The van der Waals surface area contributed by atoms with Gasteiger partial charge in [0.25, 0.3) is 14.5 Å². The van der Waals surface area contributed by atoms with Gasteiger partial charge < -0.3 is 42.2 Å². The number of nitriles is 1. The molecule has 1 aliphatic rings. The lowest BCUT2D eigenvalue weighted by atomic mass is 9.80. The summed E-state index contributed by atoms with van der Waals surface area (Å²) in [7, 11) is 9.17. The van der Waals surface area contributed by atoms with E-state index in [9.17, 15) is 5.26 Å². The van der Waals surface area contributed by atoms with Crippen LogP contribution in [0.2, 0.25) is 0 Å². The van der Waals surface area contributed by atoms with E-state index < -0.39 is 32.6 Å². The smallest absolute Gasteiger partial charge is 0.259 e. The second kappa shape index (κ2) is 23.7. The van der Waals surface area contributed by atoms with Crippen molar-refractivity contribution in [2.45, 2.75) is 63.6 Å². The molecule has 4 unspecified atom stereocenters. The first-order valence-electron chi connectivity index (χ1n) is 22.7. The minimum Gasteiger partial charge on any atom is -0.497 e. The Morgan fingerprint density at radius 2 is 1.47 bits per heavy atom. The van der Waals surface area contributed by atoms with E-state index in [1.807, 2.05) is 106 Å². The van der Waals surface area contributed by atoms with Crippen LogP contribution in [-0.2, 0) is 24.1 Å². The molecule has 0 aliphatic carbocycles. The van der Waals surface area contributed by atoms with Crippen LogP contribution in [0.1, 0.15) is 62.4 Å². The molecule has 0 bridgehead atoms. The quantitative estimate of drug-likeness (QED) is 0.0185. The second-order valence-electron chi connectivity index (χ2n) is 16.5. The highest BCUT2D eigenvalue weighted by Crippen LogP contribution is 2.50. The van der Waals surface area contributed by atoms with Crippen LogP contribution in [0.4, 0.5) is 11.8 Å². The highest BCUT2D eigenvalue weighted by molar-refractivity contribution is 7.44. The van der Waals surface area contributed by atoms with Gasteiger partial charge in [-0.3, -0.25) is 0 Å². The molecular weight excluding hydrogens is 884 g/mol. The Morgan fingerprint density at radius 1 is 0.838 bits per heavy atom. The van der Waals surface area contributed by atoms with E-state index in [1.54, 1.807) is 48.8 Å². The number of furan rings is 1. The van der Waals surface area contributed by atoms with Gasteiger partial charge in [-0.1, -0.05) is 68.4 Å². The Bertz CT molecular complexity index is 2550. The summed E-state index contributed by atoms with van der Waals surface area (Å²) >= 11 is 0. The van der Waals surface area contributed by atoms with Crippen LogP contribution in [0.25, 0.3) is 22.5 Å². The topological polar surface area (TPSA) is 170 Å². The summed E-state index contributed by atoms with van der Waals surface area (Å²) in [4.78, 5) is 22.8. The lowest BCUT2D eigenvalue weighted by Gasteiger charge is -2.37. The number of aromatic nitrogens is 4. The van der Waals surface area contributed by atoms with Gasteiger partial charge in [0.05, 0.1) is 70.4 Å². The first-order chi connectivity index (χ1) is 33.1. The molecule has 1 saturated heterocycles. The molecule has 68 heavy (non-hydrogen) atoms. The number of hydrogen-bond donors (Lipinski definition) is 0. The molecule has 7 rings (SSSR count). The van der Waals surface area contributed by atoms with Crippen LogP contribution in [0, 0.1) is 11.3 Å². The number of ether oxygens (including phenoxy) is 4. The number of rotatable bonds is 24. The van der Waals surface area contributed by atoms with Crippen molar-refractivity contribution in [3.63, 3.8) is 0 Å². The maximum absolute atomic E-state index is 9.54. The molecule has 0 N–H and O–H groups in total. The van der Waals surface area contributed by atoms with Crippen molar-refractivity contribution in [2.75, 3.05) is 68.7 Å². The van der Waals surface area contributed by atoms with E-state index in [4.69, 9.17) is 52.5 Å². The Labute approximate surface area is 399 Å². The third-order valence-electron chi connectivity index (χ3n) is 11.0. The zero-order chi connectivity index (χ0) is 48.0. The molecule has 358 valence electrons. The average molecular weight is 945 g/mol. The van der Waals surface area contributed by atoms with Crippen molar-refractivity contribution in [1.29, 1.82) is 5.26 Å². The number of nitrogens with zero attached hydrogens (tertiary/aromatic N) is 10. The maximum Gasteiger partial charge on any atom is 0.259 e. The zero-order valence-electron chi connectivity index (χ0n) is 40.1. The average Bonchev–Trinajstić information content (AvgIpc) is 4.13. The van der Waals surface area contributed by atoms with Gasteiger partial charge in [0.2, 0.25) is 0 Å². The van der Waals surface area contributed by atoms with E-state index in [2.05, 4.69) is 41.7 Å². The first kappa shape index (κ1) is 49.6. The summed E-state index contributed by atoms with van der Waals surface area (Å²) in [5.74, 6) is 2.47. The van der Waals surface area contributed by atoms with Gasteiger partial charge in [-0.15, -0.1) is 0 Å². The summed E-state index contributed by atoms with van der Waals surface area (Å²) in [6, 6.07) is 31.8. The summed E-state index contributed by atoms with van der Waals surface area (Å²) in [6.45, 7) is 6.04. The predicted molar refractivity (Wildman–Crippen MR) is 264 cm³/mol. The Morgan fingerprint density at radius 3 is 2.04 bits per heavy atom. The largest absolute Gasteiger partial charge is 0.497 e. The van der Waals surface area contributed by atoms with Gasteiger partial charge in [-0.05, 0) is 65.9 Å². The van der Waals surface area contributed by atoms with E-state index in [1.165, 1.54) is 0 Å². The molecule has 1 fully saturated rings. The third-order valence-corrected chi connectivity index (χ3v) is 12.7. The van der Waals surface area contributed by atoms with Crippen molar-refractivity contribution >= 4 is 44.0 Å². The molecular formula is C50H61N10O7P. The molecule has 3 aromatic heterocycles. The Hall–Kier alpha value is -6.25. The van der Waals surface area contributed by atoms with Crippen LogP contribution in [0.15, 0.2) is 112 Å². The number of fused-ring (bicyclic) bond motifs is 1. The van der Waals surface area contributed by atoms with Gasteiger partial charge in [0.1, 0.15) is 28.9 Å². The fraction of sp³-hybridized carbons (Fsp3) is 0.400. The number of hydrogen-bond acceptors (Lipinski definition) is 14. The normalized spacial score (nSPS) is 16.8. The molecule has 0 spiro atoms. The van der Waals surface area contributed by atoms with Crippen molar-refractivity contribution in [2.24, 2.45) is 9.98 Å². The summed E-state index contributed by atoms with van der Waals surface area (Å²) in [5.41, 5.74) is 2.42. The lowest BCUT2D eigenvalue weighted by molar-refractivity contribution is -0.0929. The summed E-state index contributed by atoms with van der Waals surface area (Å²) in [6.07, 6.45) is 5.22. The number of benzene rings is 3. The molecule has 1 aliphatic heterocycles. The SMILES string of the molecule is CCCN(CCC)P(OCCC#N)OC1CC(n2nc(-c3ccco3)c3c(N=CN(C)C)nc(N=CN(C)C)nc32)OC1COC(c1ccccc1)(c1ccc(OC)cc1)c1ccc(OC)cc1. The van der Waals surface area contributed by atoms with Gasteiger partial charge in [0.15, 0.2) is 23.5 Å². The van der Waals surface area contributed by atoms with Crippen molar-refractivity contribution in [3.05, 3.63) is 114 Å². The third kappa shape index (κ3) is 11.5. The van der Waals surface area contributed by atoms with Gasteiger partial charge >= 0.3 is 0 Å². The van der Waals surface area contributed by atoms with E-state index >= 15 is 0 Å². The van der Waals surface area contributed by atoms with E-state index in [0.717, 1.165) is 42.6 Å². The molecule has 0 amide bonds. The molecule has 4 heterocycles. The first-order valence-corrected chi connectivity index (χ1v) is 23.9. The number of aliphatic imine (C=N–C) groups is 2. The lowest BCUT2D eigenvalue weighted by Crippen LogP contribution is -2.38. The molecule has 4 atom stereocenters. The molecule has 0 radical (unpaired) electrons. The standard InChI is InChI=1S/C50H61N10O7P/c1-9-28-59(29-10-2)68(65-31-15-27-51)67-42-32-44(60-48-45(46(56-60)41-18-14-30-63-41)47(52-34-57(3)4)54-49(55-48)53-35-58(5)6)66-43(42)33-64-50(36-16-12-11-13-17-36,37-19-23-39(61-7)24-20-37)38-21-25-40(62-8)26-22-38/h11-14,16-26,30,34-35,42-44H,9-10,15,28-29,31-33H2,1-8H3. The minimum atomic E-state index is -1.65. The van der Waals surface area contributed by atoms with Crippen molar-refractivity contribution in [3.8, 4) is 29.0 Å². The van der Waals surface area contributed by atoms with Crippen LogP contribution in [0.3, 0.4) is 0 Å². The van der Waals surface area contributed by atoms with Gasteiger partial charge in [0, 0.05) is 47.7 Å². The summed E-state index contributed by atoms with van der Waals surface area (Å²) < 4.78 is 49.5. The van der Waals surface area contributed by atoms with Gasteiger partial charge in [-0.2, -0.15) is 20.3 Å². The van der Waals surface area contributed by atoms with E-state index in [0.29, 0.717) is 46.2 Å². The Kier molecular flexibility index (Phi) is 17.3. The Balaban J connectivity index is 1.39. The van der Waals surface area contributed by atoms with Crippen LogP contribution in [0.5, 0.6) is 11.5 Å². The molecule has 6 aromatic rings. The van der Waals surface area contributed by atoms with Crippen LogP contribution in [-0.4, -0.2) is 128 Å². The zero-order valence-corrected chi connectivity index (χ0v) is 41.0. The fourth-order valence-corrected chi connectivity index (χ4v) is 9.72. The highest BCUT2D eigenvalue weighted by atomic mass is 31.2. The van der Waals surface area contributed by atoms with Gasteiger partial charge in [-0.25, -0.2) is 19.3 Å². The monoisotopic (exact) mass is 944 g/mol. The molecule has 3 aromatic carbocycles. The number of methoxy groups -OCH3 is 2. The molecule has 0 saturated carbocycles.